The topological polar surface area (TPSA) is 44.4 Å². The van der Waals surface area contributed by atoms with Gasteiger partial charge in [0, 0.05) is 38.3 Å². The maximum atomic E-state index is 11.7. The van der Waals surface area contributed by atoms with Crippen molar-refractivity contribution < 1.29 is 4.79 Å². The maximum Gasteiger partial charge on any atom is 0.224 e. The van der Waals surface area contributed by atoms with E-state index in [1.165, 1.54) is 0 Å². The minimum Gasteiger partial charge on any atom is -0.326 e. The summed E-state index contributed by atoms with van der Waals surface area (Å²) in [6.45, 7) is 5.32. The average molecular weight is 246 g/mol. The Morgan fingerprint density at radius 2 is 2.06 bits per heavy atom. The number of piperazine rings is 1. The van der Waals surface area contributed by atoms with Crippen molar-refractivity contribution >= 4 is 11.6 Å². The van der Waals surface area contributed by atoms with Gasteiger partial charge in [0.15, 0.2) is 0 Å². The van der Waals surface area contributed by atoms with Gasteiger partial charge in [0.25, 0.3) is 0 Å². The van der Waals surface area contributed by atoms with Gasteiger partial charge in [-0.15, -0.1) is 0 Å². The number of benzene rings is 1. The molecule has 1 fully saturated rings. The molecule has 1 heterocycles. The van der Waals surface area contributed by atoms with Crippen LogP contribution in [-0.4, -0.2) is 43.5 Å². The van der Waals surface area contributed by atoms with Crippen molar-refractivity contribution in [3.05, 3.63) is 30.3 Å². The van der Waals surface area contributed by atoms with Gasteiger partial charge in [-0.25, -0.2) is 0 Å². The van der Waals surface area contributed by atoms with Gasteiger partial charge in [0.05, 0.1) is 0 Å². The molecule has 18 heavy (non-hydrogen) atoms. The minimum atomic E-state index is 0.0938. The third-order valence-corrected chi connectivity index (χ3v) is 3.09. The fourth-order valence-corrected chi connectivity index (χ4v) is 2.09. The predicted octanol–water partition coefficient (Wildman–Crippen LogP) is 1.11. The van der Waals surface area contributed by atoms with E-state index in [-0.39, 0.29) is 5.91 Å². The second-order valence-electron chi connectivity index (χ2n) is 4.53. The molecule has 2 N–H and O–H groups in total. The molecule has 4 heteroatoms. The number of nitrogens with zero attached hydrogens (tertiary/aromatic N) is 1. The summed E-state index contributed by atoms with van der Waals surface area (Å²) in [5.74, 6) is 0.0938. The van der Waals surface area contributed by atoms with Crippen LogP contribution >= 0.6 is 0 Å². The lowest BCUT2D eigenvalue weighted by Gasteiger charge is -2.26. The molecule has 0 aromatic heterocycles. The molecule has 1 aromatic carbocycles. The molecule has 1 aliphatic rings. The Morgan fingerprint density at radius 1 is 1.33 bits per heavy atom. The predicted molar refractivity (Wildman–Crippen MR) is 72.5 cm³/mol. The lowest BCUT2D eigenvalue weighted by atomic mass is 10.2. The molecular weight excluding hydrogens is 226 g/mol. The Morgan fingerprint density at radius 3 is 2.78 bits per heavy atom. The number of amides is 1. The van der Waals surface area contributed by atoms with Crippen LogP contribution in [0.3, 0.4) is 0 Å². The number of hydrogen-bond acceptors (Lipinski definition) is 3. The number of rotatable bonds is 5. The Kier molecular flexibility index (Phi) is 5.17. The highest BCUT2D eigenvalue weighted by Crippen LogP contribution is 2.06. The molecule has 2 rings (SSSR count). The molecule has 1 aromatic rings. The second kappa shape index (κ2) is 7.13. The van der Waals surface area contributed by atoms with Crippen LogP contribution in [0, 0.1) is 6.07 Å². The Balaban J connectivity index is 1.62. The molecule has 0 saturated carbocycles. The zero-order valence-electron chi connectivity index (χ0n) is 10.6. The number of nitrogens with one attached hydrogen (secondary N) is 2. The van der Waals surface area contributed by atoms with E-state index in [1.807, 2.05) is 12.1 Å². The highest BCUT2D eigenvalue weighted by Gasteiger charge is 2.09. The van der Waals surface area contributed by atoms with Crippen molar-refractivity contribution in [3.63, 3.8) is 0 Å². The average Bonchev–Trinajstić information content (AvgIpc) is 2.41. The summed E-state index contributed by atoms with van der Waals surface area (Å²) in [4.78, 5) is 14.1. The van der Waals surface area contributed by atoms with Crippen LogP contribution in [0.15, 0.2) is 24.3 Å². The van der Waals surface area contributed by atoms with E-state index in [9.17, 15) is 4.79 Å². The van der Waals surface area contributed by atoms with Gasteiger partial charge in [-0.3, -0.25) is 4.79 Å². The molecule has 1 radical (unpaired) electrons. The number of carbonyl (C=O) groups is 1. The molecule has 0 atom stereocenters. The highest BCUT2D eigenvalue weighted by molar-refractivity contribution is 5.90. The molecule has 1 amide bonds. The molecule has 1 aliphatic heterocycles. The number of hydrogen-bond donors (Lipinski definition) is 2. The third-order valence-electron chi connectivity index (χ3n) is 3.09. The standard InChI is InChI=1S/C14H20N3O/c18-14(16-13-5-2-1-3-6-13)7-4-10-17-11-8-15-9-12-17/h2-3,5-6,15H,4,7-12H2,(H,16,18). The normalized spacial score (nSPS) is 16.4. The van der Waals surface area contributed by atoms with Crippen LogP contribution in [0.25, 0.3) is 0 Å². The van der Waals surface area contributed by atoms with Crippen molar-refractivity contribution in [1.29, 1.82) is 0 Å². The minimum absolute atomic E-state index is 0.0938. The molecule has 4 nitrogen and oxygen atoms in total. The van der Waals surface area contributed by atoms with E-state index >= 15 is 0 Å². The summed E-state index contributed by atoms with van der Waals surface area (Å²) in [5, 5.41) is 6.21. The van der Waals surface area contributed by atoms with Crippen molar-refractivity contribution in [2.24, 2.45) is 0 Å². The number of anilines is 1. The van der Waals surface area contributed by atoms with E-state index < -0.39 is 0 Å². The lowest BCUT2D eigenvalue weighted by molar-refractivity contribution is -0.116. The van der Waals surface area contributed by atoms with Crippen molar-refractivity contribution in [1.82, 2.24) is 10.2 Å². The first-order valence-corrected chi connectivity index (χ1v) is 6.53. The number of carbonyl (C=O) groups excluding carboxylic acids is 1. The summed E-state index contributed by atoms with van der Waals surface area (Å²) in [6, 6.07) is 10.2. The zero-order valence-corrected chi connectivity index (χ0v) is 10.6. The van der Waals surface area contributed by atoms with Gasteiger partial charge in [0.1, 0.15) is 0 Å². The van der Waals surface area contributed by atoms with Gasteiger partial charge < -0.3 is 15.5 Å². The first-order chi connectivity index (χ1) is 8.84. The first kappa shape index (κ1) is 13.1. The monoisotopic (exact) mass is 246 g/mol. The summed E-state index contributed by atoms with van der Waals surface area (Å²) < 4.78 is 0. The van der Waals surface area contributed by atoms with E-state index in [0.717, 1.165) is 44.8 Å². The molecule has 97 valence electrons. The maximum absolute atomic E-state index is 11.7. The summed E-state index contributed by atoms with van der Waals surface area (Å²) >= 11 is 0. The van der Waals surface area contributed by atoms with Crippen LogP contribution in [0.5, 0.6) is 0 Å². The Labute approximate surface area is 108 Å². The van der Waals surface area contributed by atoms with Crippen molar-refractivity contribution in [2.45, 2.75) is 12.8 Å². The molecule has 0 aliphatic carbocycles. The van der Waals surface area contributed by atoms with Crippen molar-refractivity contribution in [2.75, 3.05) is 38.0 Å². The van der Waals surface area contributed by atoms with E-state index in [4.69, 9.17) is 0 Å². The zero-order chi connectivity index (χ0) is 12.6. The molecule has 0 spiro atoms. The smallest absolute Gasteiger partial charge is 0.224 e. The fraction of sp³-hybridized carbons (Fsp3) is 0.500. The quantitative estimate of drug-likeness (QED) is 0.818. The van der Waals surface area contributed by atoms with Crippen LogP contribution < -0.4 is 10.6 Å². The van der Waals surface area contributed by atoms with Crippen LogP contribution in [0.1, 0.15) is 12.8 Å². The molecule has 0 bridgehead atoms. The Hall–Kier alpha value is -1.39. The van der Waals surface area contributed by atoms with E-state index in [0.29, 0.717) is 6.42 Å². The molecule has 1 saturated heterocycles. The van der Waals surface area contributed by atoms with Gasteiger partial charge in [-0.05, 0) is 31.2 Å². The molecular formula is C14H20N3O. The third kappa shape index (κ3) is 4.47. The molecule has 0 unspecified atom stereocenters. The van der Waals surface area contributed by atoms with Gasteiger partial charge in [-0.1, -0.05) is 12.1 Å². The summed E-state index contributed by atoms with van der Waals surface area (Å²) in [6.07, 6.45) is 1.51. The summed E-state index contributed by atoms with van der Waals surface area (Å²) in [7, 11) is 0. The van der Waals surface area contributed by atoms with Gasteiger partial charge in [0.2, 0.25) is 5.91 Å². The van der Waals surface area contributed by atoms with E-state index in [2.05, 4.69) is 21.6 Å². The highest BCUT2D eigenvalue weighted by atomic mass is 16.1. The first-order valence-electron chi connectivity index (χ1n) is 6.53. The SMILES string of the molecule is O=C(CCCN1CCNCC1)Nc1cc[c]cc1. The summed E-state index contributed by atoms with van der Waals surface area (Å²) in [5.41, 5.74) is 0.848. The van der Waals surface area contributed by atoms with Crippen molar-refractivity contribution in [3.8, 4) is 0 Å². The Bertz CT molecular complexity index is 361. The second-order valence-corrected chi connectivity index (χ2v) is 4.53. The largest absolute Gasteiger partial charge is 0.326 e. The van der Waals surface area contributed by atoms with Gasteiger partial charge >= 0.3 is 0 Å². The lowest BCUT2D eigenvalue weighted by Crippen LogP contribution is -2.43. The van der Waals surface area contributed by atoms with E-state index in [1.54, 1.807) is 12.1 Å². The van der Waals surface area contributed by atoms with Crippen LogP contribution in [0.2, 0.25) is 0 Å². The van der Waals surface area contributed by atoms with Crippen LogP contribution in [0.4, 0.5) is 5.69 Å². The van der Waals surface area contributed by atoms with Crippen LogP contribution in [-0.2, 0) is 4.79 Å². The van der Waals surface area contributed by atoms with Gasteiger partial charge in [-0.2, -0.15) is 0 Å². The fourth-order valence-electron chi connectivity index (χ4n) is 2.09.